The fraction of sp³-hybridized carbons (Fsp3) is 0.200. The minimum atomic E-state index is -0.247. The molecule has 0 aliphatic heterocycles. The molecule has 1 aromatic heterocycles. The summed E-state index contributed by atoms with van der Waals surface area (Å²) in [5, 5.41) is 6.44. The second-order valence-corrected chi connectivity index (χ2v) is 4.22. The van der Waals surface area contributed by atoms with Gasteiger partial charge in [0.2, 0.25) is 0 Å². The van der Waals surface area contributed by atoms with Gasteiger partial charge in [-0.2, -0.15) is 0 Å². The summed E-state index contributed by atoms with van der Waals surface area (Å²) in [5.74, 6) is 0.449. The fourth-order valence-corrected chi connectivity index (χ4v) is 1.57. The standard InChI is InChI=1S/C15H16N2O3/c1-12-5-2-3-6-13(12)9-17-20-11-15(18)16-10-14-7-4-8-19-14/h2-9H,10-11H2,1H3,(H,16,18)/b17-9-. The Morgan fingerprint density at radius 2 is 2.20 bits per heavy atom. The molecule has 0 bridgehead atoms. The molecule has 5 heteroatoms. The number of aryl methyl sites for hydroxylation is 1. The van der Waals surface area contributed by atoms with E-state index in [1.807, 2.05) is 31.2 Å². The summed E-state index contributed by atoms with van der Waals surface area (Å²) >= 11 is 0. The van der Waals surface area contributed by atoms with Crippen LogP contribution in [0, 0.1) is 6.92 Å². The van der Waals surface area contributed by atoms with Crippen molar-refractivity contribution in [3.8, 4) is 0 Å². The number of hydrogen-bond acceptors (Lipinski definition) is 4. The van der Waals surface area contributed by atoms with Crippen LogP contribution in [0.1, 0.15) is 16.9 Å². The Labute approximate surface area is 117 Å². The highest BCUT2D eigenvalue weighted by atomic mass is 16.6. The third-order valence-corrected chi connectivity index (χ3v) is 2.69. The molecule has 0 aliphatic rings. The molecule has 0 fully saturated rings. The highest BCUT2D eigenvalue weighted by Gasteiger charge is 2.02. The van der Waals surface area contributed by atoms with Gasteiger partial charge in [0.25, 0.3) is 5.91 Å². The van der Waals surface area contributed by atoms with E-state index in [1.165, 1.54) is 0 Å². The lowest BCUT2D eigenvalue weighted by molar-refractivity contribution is -0.125. The van der Waals surface area contributed by atoms with Gasteiger partial charge in [0.15, 0.2) is 6.61 Å². The van der Waals surface area contributed by atoms with E-state index in [1.54, 1.807) is 24.6 Å². The molecule has 20 heavy (non-hydrogen) atoms. The van der Waals surface area contributed by atoms with Gasteiger partial charge in [-0.05, 0) is 30.2 Å². The molecule has 5 nitrogen and oxygen atoms in total. The van der Waals surface area contributed by atoms with Crippen LogP contribution in [-0.4, -0.2) is 18.7 Å². The third-order valence-electron chi connectivity index (χ3n) is 2.69. The maximum Gasteiger partial charge on any atom is 0.261 e. The number of oxime groups is 1. The van der Waals surface area contributed by atoms with E-state index >= 15 is 0 Å². The van der Waals surface area contributed by atoms with Gasteiger partial charge < -0.3 is 14.6 Å². The van der Waals surface area contributed by atoms with Crippen LogP contribution in [0.3, 0.4) is 0 Å². The average molecular weight is 272 g/mol. The van der Waals surface area contributed by atoms with Crippen LogP contribution in [0.25, 0.3) is 0 Å². The maximum atomic E-state index is 11.5. The average Bonchev–Trinajstić information content (AvgIpc) is 2.96. The Morgan fingerprint density at radius 3 is 2.95 bits per heavy atom. The van der Waals surface area contributed by atoms with E-state index < -0.39 is 0 Å². The van der Waals surface area contributed by atoms with E-state index in [2.05, 4.69) is 10.5 Å². The summed E-state index contributed by atoms with van der Waals surface area (Å²) in [6.45, 7) is 2.21. The van der Waals surface area contributed by atoms with Gasteiger partial charge in [0.1, 0.15) is 5.76 Å². The summed E-state index contributed by atoms with van der Waals surface area (Å²) in [5.41, 5.74) is 2.06. The van der Waals surface area contributed by atoms with E-state index in [9.17, 15) is 4.79 Å². The van der Waals surface area contributed by atoms with Gasteiger partial charge in [-0.25, -0.2) is 0 Å². The summed E-state index contributed by atoms with van der Waals surface area (Å²) < 4.78 is 5.10. The van der Waals surface area contributed by atoms with Crippen molar-refractivity contribution in [3.05, 3.63) is 59.5 Å². The zero-order valence-corrected chi connectivity index (χ0v) is 11.2. The van der Waals surface area contributed by atoms with Gasteiger partial charge in [-0.15, -0.1) is 0 Å². The number of amides is 1. The molecule has 1 heterocycles. The lowest BCUT2D eigenvalue weighted by atomic mass is 10.1. The number of nitrogens with zero attached hydrogens (tertiary/aromatic N) is 1. The van der Waals surface area contributed by atoms with Crippen LogP contribution >= 0.6 is 0 Å². The first-order valence-corrected chi connectivity index (χ1v) is 6.26. The van der Waals surface area contributed by atoms with Crippen LogP contribution in [0.15, 0.2) is 52.2 Å². The largest absolute Gasteiger partial charge is 0.467 e. The van der Waals surface area contributed by atoms with Gasteiger partial charge >= 0.3 is 0 Å². The molecule has 0 saturated heterocycles. The Kier molecular flexibility index (Phi) is 4.94. The summed E-state index contributed by atoms with van der Waals surface area (Å²) in [7, 11) is 0. The Morgan fingerprint density at radius 1 is 1.35 bits per heavy atom. The molecule has 0 aliphatic carbocycles. The molecule has 2 rings (SSSR count). The lowest BCUT2D eigenvalue weighted by Gasteiger charge is -2.02. The highest BCUT2D eigenvalue weighted by molar-refractivity contribution is 5.81. The zero-order valence-electron chi connectivity index (χ0n) is 11.2. The Bertz CT molecular complexity index is 577. The molecule has 0 saturated carbocycles. The van der Waals surface area contributed by atoms with Crippen molar-refractivity contribution in [2.24, 2.45) is 5.16 Å². The molecule has 0 unspecified atom stereocenters. The number of benzene rings is 1. The highest BCUT2D eigenvalue weighted by Crippen LogP contribution is 2.03. The molecule has 2 aromatic rings. The monoisotopic (exact) mass is 272 g/mol. The van der Waals surface area contributed by atoms with Gasteiger partial charge in [0.05, 0.1) is 19.0 Å². The van der Waals surface area contributed by atoms with Crippen LogP contribution in [0.2, 0.25) is 0 Å². The molecular weight excluding hydrogens is 256 g/mol. The van der Waals surface area contributed by atoms with Gasteiger partial charge in [-0.3, -0.25) is 4.79 Å². The number of rotatable bonds is 6. The number of carbonyl (C=O) groups excluding carboxylic acids is 1. The quantitative estimate of drug-likeness (QED) is 0.648. The number of hydrogen-bond donors (Lipinski definition) is 1. The van der Waals surface area contributed by atoms with E-state index in [-0.39, 0.29) is 12.5 Å². The van der Waals surface area contributed by atoms with E-state index in [4.69, 9.17) is 9.25 Å². The molecule has 0 spiro atoms. The smallest absolute Gasteiger partial charge is 0.261 e. The van der Waals surface area contributed by atoms with Crippen LogP contribution in [0.5, 0.6) is 0 Å². The van der Waals surface area contributed by atoms with Gasteiger partial charge in [-0.1, -0.05) is 29.4 Å². The number of furan rings is 1. The Hall–Kier alpha value is -2.56. The molecule has 0 radical (unpaired) electrons. The molecule has 1 amide bonds. The summed E-state index contributed by atoms with van der Waals surface area (Å²) in [6, 6.07) is 11.3. The number of carbonyl (C=O) groups is 1. The van der Waals surface area contributed by atoms with Crippen molar-refractivity contribution in [2.75, 3.05) is 6.61 Å². The first kappa shape index (κ1) is 13.9. The van der Waals surface area contributed by atoms with Crippen molar-refractivity contribution >= 4 is 12.1 Å². The molecule has 0 atom stereocenters. The van der Waals surface area contributed by atoms with Gasteiger partial charge in [0, 0.05) is 0 Å². The predicted octanol–water partition coefficient (Wildman–Crippen LogP) is 2.25. The first-order chi connectivity index (χ1) is 9.75. The van der Waals surface area contributed by atoms with Crippen LogP contribution in [-0.2, 0) is 16.2 Å². The minimum absolute atomic E-state index is 0.122. The normalized spacial score (nSPS) is 10.7. The van der Waals surface area contributed by atoms with Crippen molar-refractivity contribution in [1.29, 1.82) is 0 Å². The maximum absolute atomic E-state index is 11.5. The first-order valence-electron chi connectivity index (χ1n) is 6.26. The topological polar surface area (TPSA) is 63.8 Å². The third kappa shape index (κ3) is 4.28. The molecular formula is C15H16N2O3. The predicted molar refractivity (Wildman–Crippen MR) is 75.3 cm³/mol. The summed E-state index contributed by atoms with van der Waals surface area (Å²) in [4.78, 5) is 16.4. The minimum Gasteiger partial charge on any atom is -0.467 e. The number of nitrogens with one attached hydrogen (secondary N) is 1. The lowest BCUT2D eigenvalue weighted by Crippen LogP contribution is -2.26. The van der Waals surface area contributed by atoms with Crippen molar-refractivity contribution < 1.29 is 14.0 Å². The van der Waals surface area contributed by atoms with E-state index in [0.717, 1.165) is 11.1 Å². The molecule has 1 N–H and O–H groups in total. The second-order valence-electron chi connectivity index (χ2n) is 4.22. The Balaban J connectivity index is 1.70. The molecule has 1 aromatic carbocycles. The summed E-state index contributed by atoms with van der Waals surface area (Å²) in [6.07, 6.45) is 3.15. The fourth-order valence-electron chi connectivity index (χ4n) is 1.57. The van der Waals surface area contributed by atoms with E-state index in [0.29, 0.717) is 12.3 Å². The van der Waals surface area contributed by atoms with Crippen molar-refractivity contribution in [1.82, 2.24) is 5.32 Å². The zero-order chi connectivity index (χ0) is 14.2. The second kappa shape index (κ2) is 7.13. The van der Waals surface area contributed by atoms with Crippen LogP contribution < -0.4 is 5.32 Å². The SMILES string of the molecule is Cc1ccccc1/C=N\OCC(=O)NCc1ccco1. The van der Waals surface area contributed by atoms with Crippen molar-refractivity contribution in [3.63, 3.8) is 0 Å². The van der Waals surface area contributed by atoms with Crippen molar-refractivity contribution in [2.45, 2.75) is 13.5 Å². The molecule has 104 valence electrons. The van der Waals surface area contributed by atoms with Crippen LogP contribution in [0.4, 0.5) is 0 Å².